The lowest BCUT2D eigenvalue weighted by atomic mass is 10.00. The van der Waals surface area contributed by atoms with Crippen LogP contribution in [-0.2, 0) is 4.74 Å². The van der Waals surface area contributed by atoms with Crippen LogP contribution < -0.4 is 5.32 Å². The van der Waals surface area contributed by atoms with E-state index in [9.17, 15) is 0 Å². The van der Waals surface area contributed by atoms with E-state index < -0.39 is 0 Å². The van der Waals surface area contributed by atoms with Crippen molar-refractivity contribution in [3.63, 3.8) is 0 Å². The zero-order valence-corrected chi connectivity index (χ0v) is 11.3. The minimum atomic E-state index is 0.376. The van der Waals surface area contributed by atoms with Crippen LogP contribution in [0.3, 0.4) is 0 Å². The summed E-state index contributed by atoms with van der Waals surface area (Å²) in [5.74, 6) is 0.561. The third-order valence-electron chi connectivity index (χ3n) is 3.08. The Kier molecular flexibility index (Phi) is 6.16. The van der Waals surface area contributed by atoms with Gasteiger partial charge in [-0.1, -0.05) is 20.8 Å². The highest BCUT2D eigenvalue weighted by molar-refractivity contribution is 5.15. The number of methoxy groups -OCH3 is 1. The van der Waals surface area contributed by atoms with Crippen LogP contribution in [0.1, 0.15) is 38.8 Å². The van der Waals surface area contributed by atoms with E-state index in [1.807, 2.05) is 12.4 Å². The van der Waals surface area contributed by atoms with E-state index in [4.69, 9.17) is 4.74 Å². The number of nitrogens with one attached hydrogen (secondary N) is 1. The van der Waals surface area contributed by atoms with E-state index in [1.165, 1.54) is 5.56 Å². The Labute approximate surface area is 105 Å². The van der Waals surface area contributed by atoms with Gasteiger partial charge in [0.25, 0.3) is 0 Å². The van der Waals surface area contributed by atoms with Gasteiger partial charge < -0.3 is 10.1 Å². The van der Waals surface area contributed by atoms with Crippen molar-refractivity contribution in [3.05, 3.63) is 30.1 Å². The van der Waals surface area contributed by atoms with Gasteiger partial charge in [0.15, 0.2) is 0 Å². The zero-order valence-electron chi connectivity index (χ0n) is 11.3. The SMILES string of the molecule is CCC(NC(COC)C(C)C)c1ccncc1. The molecule has 0 aliphatic carbocycles. The highest BCUT2D eigenvalue weighted by Crippen LogP contribution is 2.18. The Morgan fingerprint density at radius 3 is 2.41 bits per heavy atom. The largest absolute Gasteiger partial charge is 0.383 e. The minimum Gasteiger partial charge on any atom is -0.383 e. The van der Waals surface area contributed by atoms with Crippen molar-refractivity contribution in [1.82, 2.24) is 10.3 Å². The molecule has 3 heteroatoms. The summed E-state index contributed by atoms with van der Waals surface area (Å²) in [6.45, 7) is 7.38. The van der Waals surface area contributed by atoms with Crippen molar-refractivity contribution in [2.45, 2.75) is 39.3 Å². The van der Waals surface area contributed by atoms with E-state index in [-0.39, 0.29) is 0 Å². The maximum atomic E-state index is 5.27. The summed E-state index contributed by atoms with van der Waals surface area (Å²) in [7, 11) is 1.75. The average Bonchev–Trinajstić information content (AvgIpc) is 2.35. The molecule has 0 bridgehead atoms. The van der Waals surface area contributed by atoms with E-state index in [2.05, 4.69) is 43.2 Å². The fourth-order valence-electron chi connectivity index (χ4n) is 1.92. The first-order valence-electron chi connectivity index (χ1n) is 6.34. The van der Waals surface area contributed by atoms with Crippen molar-refractivity contribution in [2.75, 3.05) is 13.7 Å². The molecule has 17 heavy (non-hydrogen) atoms. The number of hydrogen-bond donors (Lipinski definition) is 1. The predicted octanol–water partition coefficient (Wildman–Crippen LogP) is 2.79. The zero-order chi connectivity index (χ0) is 12.7. The van der Waals surface area contributed by atoms with Crippen molar-refractivity contribution < 1.29 is 4.74 Å². The molecule has 3 nitrogen and oxygen atoms in total. The van der Waals surface area contributed by atoms with Crippen LogP contribution in [0.5, 0.6) is 0 Å². The quantitative estimate of drug-likeness (QED) is 0.790. The molecular formula is C14H24N2O. The van der Waals surface area contributed by atoms with Gasteiger partial charge in [-0.2, -0.15) is 0 Å². The minimum absolute atomic E-state index is 0.376. The lowest BCUT2D eigenvalue weighted by Crippen LogP contribution is -2.40. The molecule has 0 radical (unpaired) electrons. The Bertz CT molecular complexity index is 300. The highest BCUT2D eigenvalue weighted by Gasteiger charge is 2.18. The Balaban J connectivity index is 2.68. The Morgan fingerprint density at radius 1 is 1.29 bits per heavy atom. The second-order valence-corrected chi connectivity index (χ2v) is 4.71. The van der Waals surface area contributed by atoms with Crippen LogP contribution in [-0.4, -0.2) is 24.7 Å². The van der Waals surface area contributed by atoms with Gasteiger partial charge in [-0.25, -0.2) is 0 Å². The van der Waals surface area contributed by atoms with Gasteiger partial charge >= 0.3 is 0 Å². The second kappa shape index (κ2) is 7.41. The maximum absolute atomic E-state index is 5.27. The lowest BCUT2D eigenvalue weighted by molar-refractivity contribution is 0.139. The molecule has 0 fully saturated rings. The monoisotopic (exact) mass is 236 g/mol. The molecule has 1 aromatic heterocycles. The van der Waals surface area contributed by atoms with Crippen molar-refractivity contribution in [3.8, 4) is 0 Å². The van der Waals surface area contributed by atoms with E-state index in [1.54, 1.807) is 7.11 Å². The summed E-state index contributed by atoms with van der Waals surface area (Å²) in [4.78, 5) is 4.06. The van der Waals surface area contributed by atoms with E-state index in [0.29, 0.717) is 18.0 Å². The van der Waals surface area contributed by atoms with Gasteiger partial charge in [-0.15, -0.1) is 0 Å². The molecule has 96 valence electrons. The first-order valence-corrected chi connectivity index (χ1v) is 6.34. The molecular weight excluding hydrogens is 212 g/mol. The maximum Gasteiger partial charge on any atom is 0.0618 e. The molecule has 1 N–H and O–H groups in total. The number of hydrogen-bond acceptors (Lipinski definition) is 3. The van der Waals surface area contributed by atoms with Crippen LogP contribution in [0.4, 0.5) is 0 Å². The lowest BCUT2D eigenvalue weighted by Gasteiger charge is -2.27. The summed E-state index contributed by atoms with van der Waals surface area (Å²) in [6.07, 6.45) is 4.76. The molecule has 1 aromatic rings. The molecule has 0 spiro atoms. The van der Waals surface area contributed by atoms with Crippen LogP contribution in [0.15, 0.2) is 24.5 Å². The number of pyridine rings is 1. The third kappa shape index (κ3) is 4.44. The highest BCUT2D eigenvalue weighted by atomic mass is 16.5. The van der Waals surface area contributed by atoms with Crippen LogP contribution in [0, 0.1) is 5.92 Å². The summed E-state index contributed by atoms with van der Waals surface area (Å²) in [6, 6.07) is 4.91. The summed E-state index contributed by atoms with van der Waals surface area (Å²) >= 11 is 0. The second-order valence-electron chi connectivity index (χ2n) is 4.71. The van der Waals surface area contributed by atoms with Crippen LogP contribution in [0.2, 0.25) is 0 Å². The summed E-state index contributed by atoms with van der Waals surface area (Å²) < 4.78 is 5.27. The predicted molar refractivity (Wildman–Crippen MR) is 70.9 cm³/mol. The summed E-state index contributed by atoms with van der Waals surface area (Å²) in [5.41, 5.74) is 1.30. The first-order chi connectivity index (χ1) is 8.19. The molecule has 0 aliphatic heterocycles. The molecule has 1 heterocycles. The number of aromatic nitrogens is 1. The molecule has 0 saturated heterocycles. The van der Waals surface area contributed by atoms with Gasteiger partial charge in [0.05, 0.1) is 6.61 Å². The van der Waals surface area contributed by atoms with E-state index >= 15 is 0 Å². The van der Waals surface area contributed by atoms with Crippen molar-refractivity contribution in [1.29, 1.82) is 0 Å². The Morgan fingerprint density at radius 2 is 1.94 bits per heavy atom. The van der Waals surface area contributed by atoms with Gasteiger partial charge in [-0.3, -0.25) is 4.98 Å². The van der Waals surface area contributed by atoms with Crippen LogP contribution >= 0.6 is 0 Å². The number of nitrogens with zero attached hydrogens (tertiary/aromatic N) is 1. The smallest absolute Gasteiger partial charge is 0.0618 e. The normalized spacial score (nSPS) is 14.9. The topological polar surface area (TPSA) is 34.1 Å². The average molecular weight is 236 g/mol. The van der Waals surface area contributed by atoms with Gasteiger partial charge in [-0.05, 0) is 30.0 Å². The Hall–Kier alpha value is -0.930. The molecule has 2 unspecified atom stereocenters. The van der Waals surface area contributed by atoms with Gasteiger partial charge in [0.1, 0.15) is 0 Å². The summed E-state index contributed by atoms with van der Waals surface area (Å²) in [5, 5.41) is 3.67. The third-order valence-corrected chi connectivity index (χ3v) is 3.08. The van der Waals surface area contributed by atoms with Crippen molar-refractivity contribution in [2.24, 2.45) is 5.92 Å². The number of ether oxygens (including phenoxy) is 1. The molecule has 0 saturated carbocycles. The van der Waals surface area contributed by atoms with E-state index in [0.717, 1.165) is 13.0 Å². The van der Waals surface area contributed by atoms with Gasteiger partial charge in [0, 0.05) is 31.6 Å². The fourth-order valence-corrected chi connectivity index (χ4v) is 1.92. The molecule has 1 rings (SSSR count). The standard InChI is InChI=1S/C14H24N2O/c1-5-13(12-6-8-15-9-7-12)16-14(10-17-4)11(2)3/h6-9,11,13-14,16H,5,10H2,1-4H3. The van der Waals surface area contributed by atoms with Crippen LogP contribution in [0.25, 0.3) is 0 Å². The molecule has 2 atom stereocenters. The molecule has 0 amide bonds. The first kappa shape index (κ1) is 14.1. The van der Waals surface area contributed by atoms with Gasteiger partial charge in [0.2, 0.25) is 0 Å². The number of rotatable bonds is 7. The van der Waals surface area contributed by atoms with Crippen molar-refractivity contribution >= 4 is 0 Å². The molecule has 0 aromatic carbocycles. The fraction of sp³-hybridized carbons (Fsp3) is 0.643. The molecule has 0 aliphatic rings.